The van der Waals surface area contributed by atoms with Crippen molar-refractivity contribution in [2.24, 2.45) is 0 Å². The second-order valence-electron chi connectivity index (χ2n) is 7.85. The number of carbonyl (C=O) groups excluding carboxylic acids is 1. The topological polar surface area (TPSA) is 104 Å². The van der Waals surface area contributed by atoms with Crippen LogP contribution >= 0.6 is 11.6 Å². The SMILES string of the molecule is O=C(Nc1cccc(S(=O)(=O)N2CCCC2)c1)c1cc(S(=O)(=O)N2CCCC2)ccc1Cl. The van der Waals surface area contributed by atoms with Crippen molar-refractivity contribution in [3.63, 3.8) is 0 Å². The van der Waals surface area contributed by atoms with Gasteiger partial charge in [-0.05, 0) is 62.1 Å². The number of nitrogens with one attached hydrogen (secondary N) is 1. The highest BCUT2D eigenvalue weighted by Gasteiger charge is 2.29. The molecule has 0 saturated carbocycles. The van der Waals surface area contributed by atoms with E-state index < -0.39 is 26.0 Å². The number of halogens is 1. The monoisotopic (exact) mass is 497 g/mol. The summed E-state index contributed by atoms with van der Waals surface area (Å²) in [4.78, 5) is 13.0. The van der Waals surface area contributed by atoms with Gasteiger partial charge in [-0.2, -0.15) is 8.61 Å². The Labute approximate surface area is 193 Å². The highest BCUT2D eigenvalue weighted by Crippen LogP contribution is 2.27. The molecule has 0 spiro atoms. The van der Waals surface area contributed by atoms with Crippen LogP contribution in [-0.2, 0) is 20.0 Å². The molecule has 32 heavy (non-hydrogen) atoms. The van der Waals surface area contributed by atoms with E-state index in [1.54, 1.807) is 12.1 Å². The maximum Gasteiger partial charge on any atom is 0.257 e. The van der Waals surface area contributed by atoms with Crippen molar-refractivity contribution in [1.29, 1.82) is 0 Å². The third kappa shape index (κ3) is 4.55. The summed E-state index contributed by atoms with van der Waals surface area (Å²) in [6.45, 7) is 1.86. The molecule has 8 nitrogen and oxygen atoms in total. The molecule has 2 saturated heterocycles. The lowest BCUT2D eigenvalue weighted by Gasteiger charge is -2.17. The first-order chi connectivity index (χ1) is 15.2. The number of hydrogen-bond donors (Lipinski definition) is 1. The Morgan fingerprint density at radius 2 is 1.31 bits per heavy atom. The van der Waals surface area contributed by atoms with Gasteiger partial charge < -0.3 is 5.32 Å². The molecule has 2 fully saturated rings. The van der Waals surface area contributed by atoms with Crippen LogP contribution in [0.4, 0.5) is 5.69 Å². The first kappa shape index (κ1) is 23.2. The van der Waals surface area contributed by atoms with Crippen LogP contribution in [0.15, 0.2) is 52.3 Å². The maximum absolute atomic E-state index is 12.9. The molecule has 11 heteroatoms. The average Bonchev–Trinajstić information content (AvgIpc) is 3.49. The summed E-state index contributed by atoms with van der Waals surface area (Å²) in [5.41, 5.74) is 0.277. The fourth-order valence-electron chi connectivity index (χ4n) is 3.93. The lowest BCUT2D eigenvalue weighted by Crippen LogP contribution is -2.28. The average molecular weight is 498 g/mol. The largest absolute Gasteiger partial charge is 0.322 e. The number of benzene rings is 2. The van der Waals surface area contributed by atoms with Gasteiger partial charge in [-0.1, -0.05) is 17.7 Å². The first-order valence-corrected chi connectivity index (χ1v) is 13.7. The molecule has 2 aliphatic heterocycles. The van der Waals surface area contributed by atoms with E-state index in [2.05, 4.69) is 5.32 Å². The normalized spacial score (nSPS) is 18.2. The molecule has 0 atom stereocenters. The Hall–Kier alpha value is -1.98. The zero-order chi connectivity index (χ0) is 22.9. The molecule has 0 bridgehead atoms. The molecule has 2 aliphatic rings. The smallest absolute Gasteiger partial charge is 0.257 e. The van der Waals surface area contributed by atoms with Crippen molar-refractivity contribution < 1.29 is 21.6 Å². The molecule has 2 aromatic rings. The fourth-order valence-corrected chi connectivity index (χ4v) is 7.24. The highest BCUT2D eigenvalue weighted by atomic mass is 35.5. The summed E-state index contributed by atoms with van der Waals surface area (Å²) in [6.07, 6.45) is 3.25. The summed E-state index contributed by atoms with van der Waals surface area (Å²) in [5, 5.41) is 2.74. The Morgan fingerprint density at radius 3 is 1.88 bits per heavy atom. The van der Waals surface area contributed by atoms with E-state index in [9.17, 15) is 21.6 Å². The van der Waals surface area contributed by atoms with Crippen molar-refractivity contribution in [3.05, 3.63) is 53.1 Å². The maximum atomic E-state index is 12.9. The number of nitrogens with zero attached hydrogens (tertiary/aromatic N) is 2. The minimum absolute atomic E-state index is 0.000239. The molecule has 0 aliphatic carbocycles. The van der Waals surface area contributed by atoms with Crippen LogP contribution in [0.3, 0.4) is 0 Å². The molecule has 0 unspecified atom stereocenters. The Bertz CT molecular complexity index is 1240. The zero-order valence-electron chi connectivity index (χ0n) is 17.3. The van der Waals surface area contributed by atoms with E-state index in [0.717, 1.165) is 25.7 Å². The van der Waals surface area contributed by atoms with Crippen LogP contribution in [0.1, 0.15) is 36.0 Å². The Balaban J connectivity index is 1.58. The van der Waals surface area contributed by atoms with Crippen molar-refractivity contribution in [1.82, 2.24) is 8.61 Å². The van der Waals surface area contributed by atoms with Crippen LogP contribution in [0, 0.1) is 0 Å². The number of amides is 1. The first-order valence-electron chi connectivity index (χ1n) is 10.4. The summed E-state index contributed by atoms with van der Waals surface area (Å²) >= 11 is 6.19. The summed E-state index contributed by atoms with van der Waals surface area (Å²) in [6, 6.07) is 10.0. The van der Waals surface area contributed by atoms with Gasteiger partial charge in [-0.25, -0.2) is 16.8 Å². The predicted octanol–water partition coefficient (Wildman–Crippen LogP) is 3.16. The fraction of sp³-hybridized carbons (Fsp3) is 0.381. The summed E-state index contributed by atoms with van der Waals surface area (Å²) < 4.78 is 54.1. The van der Waals surface area contributed by atoms with Crippen molar-refractivity contribution in [3.8, 4) is 0 Å². The summed E-state index contributed by atoms with van der Waals surface area (Å²) in [7, 11) is -7.34. The number of anilines is 1. The molecule has 2 aromatic carbocycles. The van der Waals surface area contributed by atoms with Crippen molar-refractivity contribution in [2.75, 3.05) is 31.5 Å². The van der Waals surface area contributed by atoms with Crippen molar-refractivity contribution >= 4 is 43.2 Å². The number of rotatable bonds is 6. The molecule has 172 valence electrons. The third-order valence-electron chi connectivity index (χ3n) is 5.68. The second-order valence-corrected chi connectivity index (χ2v) is 12.1. The molecule has 1 N–H and O–H groups in total. The van der Waals surface area contributed by atoms with Gasteiger partial charge >= 0.3 is 0 Å². The van der Waals surface area contributed by atoms with Crippen molar-refractivity contribution in [2.45, 2.75) is 35.5 Å². The lowest BCUT2D eigenvalue weighted by molar-refractivity contribution is 0.102. The van der Waals surface area contributed by atoms with E-state index in [0.29, 0.717) is 26.2 Å². The van der Waals surface area contributed by atoms with E-state index in [4.69, 9.17) is 11.6 Å². The Morgan fingerprint density at radius 1 is 0.781 bits per heavy atom. The van der Waals surface area contributed by atoms with Gasteiger partial charge in [0.2, 0.25) is 20.0 Å². The lowest BCUT2D eigenvalue weighted by atomic mass is 10.2. The van der Waals surface area contributed by atoms with Crippen LogP contribution in [0.25, 0.3) is 0 Å². The van der Waals surface area contributed by atoms with Crippen LogP contribution in [0.5, 0.6) is 0 Å². The highest BCUT2D eigenvalue weighted by molar-refractivity contribution is 7.89. The van der Waals surface area contributed by atoms with E-state index >= 15 is 0 Å². The van der Waals surface area contributed by atoms with Crippen LogP contribution in [0.2, 0.25) is 5.02 Å². The second kappa shape index (κ2) is 9.11. The number of hydrogen-bond acceptors (Lipinski definition) is 5. The minimum Gasteiger partial charge on any atom is -0.322 e. The summed E-state index contributed by atoms with van der Waals surface area (Å²) in [5.74, 6) is -0.621. The quantitative estimate of drug-likeness (QED) is 0.660. The van der Waals surface area contributed by atoms with E-state index in [1.165, 1.54) is 38.9 Å². The molecule has 1 amide bonds. The number of sulfonamides is 2. The van der Waals surface area contributed by atoms with Gasteiger partial charge in [-0.15, -0.1) is 0 Å². The molecular formula is C21H24ClN3O5S2. The van der Waals surface area contributed by atoms with E-state index in [1.807, 2.05) is 0 Å². The number of carbonyl (C=O) groups is 1. The van der Waals surface area contributed by atoms with Gasteiger partial charge in [0.15, 0.2) is 0 Å². The zero-order valence-corrected chi connectivity index (χ0v) is 19.7. The minimum atomic E-state index is -3.71. The molecule has 0 aromatic heterocycles. The van der Waals surface area contributed by atoms with Gasteiger partial charge in [-0.3, -0.25) is 4.79 Å². The third-order valence-corrected chi connectivity index (χ3v) is 9.80. The van der Waals surface area contributed by atoms with Gasteiger partial charge in [0.25, 0.3) is 5.91 Å². The molecule has 2 heterocycles. The predicted molar refractivity (Wildman–Crippen MR) is 122 cm³/mol. The Kier molecular flexibility index (Phi) is 6.60. The van der Waals surface area contributed by atoms with Crippen LogP contribution in [-0.4, -0.2) is 57.5 Å². The molecule has 4 rings (SSSR count). The van der Waals surface area contributed by atoms with Crippen LogP contribution < -0.4 is 5.32 Å². The van der Waals surface area contributed by atoms with Gasteiger partial charge in [0.05, 0.1) is 20.4 Å². The van der Waals surface area contributed by atoms with E-state index in [-0.39, 0.29) is 26.1 Å². The molecular weight excluding hydrogens is 474 g/mol. The van der Waals surface area contributed by atoms with Gasteiger partial charge in [0, 0.05) is 31.9 Å². The molecule has 0 radical (unpaired) electrons. The standard InChI is InChI=1S/C21H24ClN3O5S2/c22-20-9-8-18(32(29,30)25-12-3-4-13-25)15-19(20)21(26)23-16-6-5-7-17(14-16)31(27,28)24-10-1-2-11-24/h5-9,14-15H,1-4,10-13H2,(H,23,26). The van der Waals surface area contributed by atoms with Gasteiger partial charge in [0.1, 0.15) is 0 Å².